The molecule has 0 aliphatic rings. The largest absolute Gasteiger partial charge is 0.250 e. The highest BCUT2D eigenvalue weighted by Gasteiger charge is 2.14. The molecule has 70 valence electrons. The van der Waals surface area contributed by atoms with Crippen LogP contribution in [0.3, 0.4) is 0 Å². The van der Waals surface area contributed by atoms with Crippen molar-refractivity contribution in [3.8, 4) is 11.9 Å². The SMILES string of the molecule is Cc1nn(C)c(-n2cccn2)c1C#N. The third kappa shape index (κ3) is 1.09. The zero-order valence-corrected chi connectivity index (χ0v) is 7.97. The van der Waals surface area contributed by atoms with Crippen molar-refractivity contribution in [2.24, 2.45) is 7.05 Å². The molecule has 0 saturated carbocycles. The molecule has 0 saturated heterocycles. The van der Waals surface area contributed by atoms with Crippen molar-refractivity contribution < 1.29 is 0 Å². The lowest BCUT2D eigenvalue weighted by Gasteiger charge is -2.00. The number of aryl methyl sites for hydroxylation is 2. The van der Waals surface area contributed by atoms with E-state index in [1.54, 1.807) is 28.8 Å². The third-order valence-corrected chi connectivity index (χ3v) is 2.03. The first-order chi connectivity index (χ1) is 6.74. The number of hydrogen-bond donors (Lipinski definition) is 0. The lowest BCUT2D eigenvalue weighted by Crippen LogP contribution is -2.04. The van der Waals surface area contributed by atoms with Gasteiger partial charge >= 0.3 is 0 Å². The highest BCUT2D eigenvalue weighted by atomic mass is 15.4. The summed E-state index contributed by atoms with van der Waals surface area (Å²) in [6, 6.07) is 3.94. The van der Waals surface area contributed by atoms with E-state index in [9.17, 15) is 0 Å². The summed E-state index contributed by atoms with van der Waals surface area (Å²) < 4.78 is 3.29. The summed E-state index contributed by atoms with van der Waals surface area (Å²) in [6.45, 7) is 1.81. The van der Waals surface area contributed by atoms with E-state index in [4.69, 9.17) is 5.26 Å². The Bertz CT molecular complexity index is 486. The van der Waals surface area contributed by atoms with Crippen molar-refractivity contribution in [2.45, 2.75) is 6.92 Å². The molecule has 0 amide bonds. The van der Waals surface area contributed by atoms with Crippen LogP contribution in [0.2, 0.25) is 0 Å². The van der Waals surface area contributed by atoms with Crippen LogP contribution in [0.5, 0.6) is 0 Å². The summed E-state index contributed by atoms with van der Waals surface area (Å²) >= 11 is 0. The summed E-state index contributed by atoms with van der Waals surface area (Å²) in [5.74, 6) is 0.704. The molecule has 0 N–H and O–H groups in total. The van der Waals surface area contributed by atoms with Gasteiger partial charge in [-0.25, -0.2) is 9.36 Å². The van der Waals surface area contributed by atoms with Crippen molar-refractivity contribution in [3.05, 3.63) is 29.7 Å². The maximum atomic E-state index is 8.97. The summed E-state index contributed by atoms with van der Waals surface area (Å²) in [5.41, 5.74) is 1.29. The van der Waals surface area contributed by atoms with Gasteiger partial charge in [0, 0.05) is 19.4 Å². The summed E-state index contributed by atoms with van der Waals surface area (Å²) in [6.07, 6.45) is 3.46. The summed E-state index contributed by atoms with van der Waals surface area (Å²) in [5, 5.41) is 17.2. The minimum absolute atomic E-state index is 0.566. The van der Waals surface area contributed by atoms with E-state index in [1.807, 2.05) is 13.0 Å². The molecule has 0 aromatic carbocycles. The standard InChI is InChI=1S/C9H9N5/c1-7-8(6-10)9(13(2)12-7)14-5-3-4-11-14/h3-5H,1-2H3. The predicted molar refractivity (Wildman–Crippen MR) is 49.8 cm³/mol. The van der Waals surface area contributed by atoms with Crippen LogP contribution in [0.1, 0.15) is 11.3 Å². The molecule has 2 aromatic heterocycles. The van der Waals surface area contributed by atoms with Gasteiger partial charge in [0.05, 0.1) is 5.69 Å². The number of nitriles is 1. The quantitative estimate of drug-likeness (QED) is 0.663. The molecule has 0 fully saturated rings. The van der Waals surface area contributed by atoms with Crippen LogP contribution in [0.15, 0.2) is 18.5 Å². The van der Waals surface area contributed by atoms with E-state index in [2.05, 4.69) is 16.3 Å². The van der Waals surface area contributed by atoms with Crippen LogP contribution in [0.25, 0.3) is 5.82 Å². The fourth-order valence-corrected chi connectivity index (χ4v) is 1.43. The zero-order valence-electron chi connectivity index (χ0n) is 7.97. The van der Waals surface area contributed by atoms with E-state index < -0.39 is 0 Å². The Hall–Kier alpha value is -2.09. The first kappa shape index (κ1) is 8.51. The van der Waals surface area contributed by atoms with E-state index in [0.717, 1.165) is 5.69 Å². The molecule has 5 nitrogen and oxygen atoms in total. The number of hydrogen-bond acceptors (Lipinski definition) is 3. The van der Waals surface area contributed by atoms with Gasteiger partial charge in [0.15, 0.2) is 5.82 Å². The van der Waals surface area contributed by atoms with E-state index in [1.165, 1.54) is 0 Å². The highest BCUT2D eigenvalue weighted by molar-refractivity contribution is 5.46. The second-order valence-corrected chi connectivity index (χ2v) is 2.97. The lowest BCUT2D eigenvalue weighted by atomic mass is 10.3. The van der Waals surface area contributed by atoms with Crippen LogP contribution in [-0.4, -0.2) is 19.6 Å². The van der Waals surface area contributed by atoms with Gasteiger partial charge in [-0.05, 0) is 13.0 Å². The van der Waals surface area contributed by atoms with E-state index >= 15 is 0 Å². The molecular weight excluding hydrogens is 178 g/mol. The van der Waals surface area contributed by atoms with Crippen LogP contribution in [0.4, 0.5) is 0 Å². The van der Waals surface area contributed by atoms with E-state index in [-0.39, 0.29) is 0 Å². The third-order valence-electron chi connectivity index (χ3n) is 2.03. The van der Waals surface area contributed by atoms with Gasteiger partial charge in [-0.15, -0.1) is 0 Å². The van der Waals surface area contributed by atoms with Crippen molar-refractivity contribution in [1.29, 1.82) is 5.26 Å². The van der Waals surface area contributed by atoms with Crippen molar-refractivity contribution in [3.63, 3.8) is 0 Å². The second kappa shape index (κ2) is 3.00. The molecule has 5 heteroatoms. The zero-order chi connectivity index (χ0) is 10.1. The van der Waals surface area contributed by atoms with Gasteiger partial charge in [0.25, 0.3) is 0 Å². The van der Waals surface area contributed by atoms with Gasteiger partial charge in [-0.1, -0.05) is 0 Å². The molecular formula is C9H9N5. The minimum Gasteiger partial charge on any atom is -0.250 e. The highest BCUT2D eigenvalue weighted by Crippen LogP contribution is 2.15. The van der Waals surface area contributed by atoms with Crippen LogP contribution in [0, 0.1) is 18.3 Å². The average Bonchev–Trinajstić information content (AvgIpc) is 2.72. The van der Waals surface area contributed by atoms with Crippen LogP contribution >= 0.6 is 0 Å². The van der Waals surface area contributed by atoms with Crippen molar-refractivity contribution >= 4 is 0 Å². The summed E-state index contributed by atoms with van der Waals surface area (Å²) in [4.78, 5) is 0. The van der Waals surface area contributed by atoms with Crippen LogP contribution < -0.4 is 0 Å². The van der Waals surface area contributed by atoms with Gasteiger partial charge < -0.3 is 0 Å². The smallest absolute Gasteiger partial charge is 0.169 e. The Morgan fingerprint density at radius 2 is 2.29 bits per heavy atom. The molecule has 0 aliphatic carbocycles. The Labute approximate surface area is 81.2 Å². The van der Waals surface area contributed by atoms with Gasteiger partial charge in [-0.2, -0.15) is 15.5 Å². The second-order valence-electron chi connectivity index (χ2n) is 2.97. The maximum Gasteiger partial charge on any atom is 0.169 e. The number of aromatic nitrogens is 4. The molecule has 0 aliphatic heterocycles. The normalized spacial score (nSPS) is 10.1. The topological polar surface area (TPSA) is 59.4 Å². The minimum atomic E-state index is 0.566. The first-order valence-electron chi connectivity index (χ1n) is 4.17. The fourth-order valence-electron chi connectivity index (χ4n) is 1.43. The molecule has 2 heterocycles. The predicted octanol–water partition coefficient (Wildman–Crippen LogP) is 0.786. The van der Waals surface area contributed by atoms with Gasteiger partial charge in [0.2, 0.25) is 0 Å². The molecule has 14 heavy (non-hydrogen) atoms. The van der Waals surface area contributed by atoms with Gasteiger partial charge in [0.1, 0.15) is 11.6 Å². The molecule has 0 spiro atoms. The molecule has 2 aromatic rings. The molecule has 2 rings (SSSR count). The Kier molecular flexibility index (Phi) is 1.82. The van der Waals surface area contributed by atoms with E-state index in [0.29, 0.717) is 11.4 Å². The number of rotatable bonds is 1. The molecule has 0 bridgehead atoms. The summed E-state index contributed by atoms with van der Waals surface area (Å²) in [7, 11) is 1.80. The van der Waals surface area contributed by atoms with Gasteiger partial charge in [-0.3, -0.25) is 0 Å². The Balaban J connectivity index is 2.70. The first-order valence-corrected chi connectivity index (χ1v) is 4.17. The van der Waals surface area contributed by atoms with Crippen LogP contribution in [-0.2, 0) is 7.05 Å². The lowest BCUT2D eigenvalue weighted by molar-refractivity contribution is 0.693. The Morgan fingerprint density at radius 1 is 1.50 bits per heavy atom. The molecule has 0 unspecified atom stereocenters. The van der Waals surface area contributed by atoms with Crippen molar-refractivity contribution in [1.82, 2.24) is 19.6 Å². The molecule has 0 atom stereocenters. The molecule has 0 radical (unpaired) electrons. The van der Waals surface area contributed by atoms with Crippen molar-refractivity contribution in [2.75, 3.05) is 0 Å². The Morgan fingerprint density at radius 3 is 2.86 bits per heavy atom. The maximum absolute atomic E-state index is 8.97. The fraction of sp³-hybridized carbons (Fsp3) is 0.222. The number of nitrogens with zero attached hydrogens (tertiary/aromatic N) is 5. The average molecular weight is 187 g/mol. The monoisotopic (exact) mass is 187 g/mol.